The summed E-state index contributed by atoms with van der Waals surface area (Å²) in [6.07, 6.45) is -1.92. The van der Waals surface area contributed by atoms with E-state index in [-0.39, 0.29) is 19.8 Å². The van der Waals surface area contributed by atoms with E-state index in [1.54, 1.807) is 20.8 Å². The SMILES string of the molecule is C[C@H](CNC(=O)OCc1ccccc1)NC(=O)[C@H](O)C(C)(C)CO. The largest absolute Gasteiger partial charge is 0.445 e. The number of aliphatic hydroxyl groups excluding tert-OH is 2. The molecule has 0 saturated carbocycles. The third-order valence-electron chi connectivity index (χ3n) is 3.55. The minimum Gasteiger partial charge on any atom is -0.445 e. The lowest BCUT2D eigenvalue weighted by Crippen LogP contribution is -2.50. The van der Waals surface area contributed by atoms with Crippen LogP contribution in [0.25, 0.3) is 0 Å². The number of alkyl carbamates (subject to hydrolysis) is 1. The molecule has 0 aliphatic heterocycles. The highest BCUT2D eigenvalue weighted by Crippen LogP contribution is 2.19. The Bertz CT molecular complexity index is 533. The van der Waals surface area contributed by atoms with Crippen molar-refractivity contribution in [1.29, 1.82) is 0 Å². The van der Waals surface area contributed by atoms with Gasteiger partial charge in [0.05, 0.1) is 6.61 Å². The molecule has 2 atom stereocenters. The molecule has 1 rings (SSSR count). The predicted octanol–water partition coefficient (Wildman–Crippen LogP) is 0.797. The van der Waals surface area contributed by atoms with Crippen molar-refractivity contribution in [1.82, 2.24) is 10.6 Å². The molecule has 1 aromatic carbocycles. The molecule has 0 aliphatic rings. The zero-order valence-corrected chi connectivity index (χ0v) is 14.3. The van der Waals surface area contributed by atoms with E-state index in [4.69, 9.17) is 9.84 Å². The van der Waals surface area contributed by atoms with Crippen molar-refractivity contribution in [2.45, 2.75) is 39.5 Å². The zero-order valence-electron chi connectivity index (χ0n) is 14.3. The van der Waals surface area contributed by atoms with Crippen LogP contribution in [0.3, 0.4) is 0 Å². The molecule has 0 spiro atoms. The maximum atomic E-state index is 11.9. The van der Waals surface area contributed by atoms with Crippen LogP contribution >= 0.6 is 0 Å². The topological polar surface area (TPSA) is 108 Å². The van der Waals surface area contributed by atoms with Crippen LogP contribution in [0.2, 0.25) is 0 Å². The Hall–Kier alpha value is -2.12. The summed E-state index contributed by atoms with van der Waals surface area (Å²) in [7, 11) is 0. The van der Waals surface area contributed by atoms with Gasteiger partial charge < -0.3 is 25.6 Å². The number of rotatable bonds is 8. The molecule has 1 aromatic rings. The normalized spacial score (nSPS) is 13.7. The number of carbonyl (C=O) groups excluding carboxylic acids is 2. The lowest BCUT2D eigenvalue weighted by molar-refractivity contribution is -0.137. The van der Waals surface area contributed by atoms with Gasteiger partial charge in [-0.1, -0.05) is 44.2 Å². The molecular weight excluding hydrogens is 312 g/mol. The molecule has 24 heavy (non-hydrogen) atoms. The van der Waals surface area contributed by atoms with Gasteiger partial charge in [-0.05, 0) is 12.5 Å². The summed E-state index contributed by atoms with van der Waals surface area (Å²) in [4.78, 5) is 23.5. The smallest absolute Gasteiger partial charge is 0.407 e. The molecule has 2 amide bonds. The van der Waals surface area contributed by atoms with E-state index in [1.807, 2.05) is 30.3 Å². The highest BCUT2D eigenvalue weighted by Gasteiger charge is 2.33. The van der Waals surface area contributed by atoms with E-state index in [0.29, 0.717) is 0 Å². The summed E-state index contributed by atoms with van der Waals surface area (Å²) in [6, 6.07) is 8.88. The predicted molar refractivity (Wildman–Crippen MR) is 89.1 cm³/mol. The van der Waals surface area contributed by atoms with Gasteiger partial charge in [-0.25, -0.2) is 4.79 Å². The number of nitrogens with one attached hydrogen (secondary N) is 2. The van der Waals surface area contributed by atoms with E-state index in [2.05, 4.69) is 10.6 Å². The minimum atomic E-state index is -1.34. The average molecular weight is 338 g/mol. The van der Waals surface area contributed by atoms with E-state index in [0.717, 1.165) is 5.56 Å². The van der Waals surface area contributed by atoms with Crippen molar-refractivity contribution in [3.63, 3.8) is 0 Å². The van der Waals surface area contributed by atoms with Gasteiger partial charge in [0, 0.05) is 18.0 Å². The second kappa shape index (κ2) is 9.24. The first-order valence-corrected chi connectivity index (χ1v) is 7.80. The van der Waals surface area contributed by atoms with E-state index >= 15 is 0 Å². The molecule has 0 unspecified atom stereocenters. The van der Waals surface area contributed by atoms with E-state index < -0.39 is 29.6 Å². The summed E-state index contributed by atoms with van der Waals surface area (Å²) in [6.45, 7) is 4.86. The molecule has 0 heterocycles. The Balaban J connectivity index is 2.31. The molecule has 4 N–H and O–H groups in total. The summed E-state index contributed by atoms with van der Waals surface area (Å²) in [5.74, 6) is -0.596. The third-order valence-corrected chi connectivity index (χ3v) is 3.55. The molecule has 0 fully saturated rings. The highest BCUT2D eigenvalue weighted by molar-refractivity contribution is 5.81. The highest BCUT2D eigenvalue weighted by atomic mass is 16.5. The Morgan fingerprint density at radius 2 is 1.88 bits per heavy atom. The van der Waals surface area contributed by atoms with Crippen molar-refractivity contribution in [2.75, 3.05) is 13.2 Å². The fourth-order valence-corrected chi connectivity index (χ4v) is 1.82. The van der Waals surface area contributed by atoms with Crippen LogP contribution in [0.1, 0.15) is 26.3 Å². The summed E-state index contributed by atoms with van der Waals surface area (Å²) < 4.78 is 5.06. The van der Waals surface area contributed by atoms with Gasteiger partial charge in [0.15, 0.2) is 0 Å². The summed E-state index contributed by atoms with van der Waals surface area (Å²) in [5.41, 5.74) is -0.0605. The van der Waals surface area contributed by atoms with Crippen LogP contribution in [0.5, 0.6) is 0 Å². The van der Waals surface area contributed by atoms with Crippen LogP contribution in [0.4, 0.5) is 4.79 Å². The van der Waals surface area contributed by atoms with Crippen molar-refractivity contribution < 1.29 is 24.5 Å². The van der Waals surface area contributed by atoms with E-state index in [1.165, 1.54) is 0 Å². The van der Waals surface area contributed by atoms with E-state index in [9.17, 15) is 14.7 Å². The molecule has 0 aliphatic carbocycles. The Labute approximate surface area is 142 Å². The number of benzene rings is 1. The molecule has 0 saturated heterocycles. The van der Waals surface area contributed by atoms with Crippen LogP contribution < -0.4 is 10.6 Å². The molecular formula is C17H26N2O5. The first-order chi connectivity index (χ1) is 11.3. The minimum absolute atomic E-state index is 0.158. The van der Waals surface area contributed by atoms with Crippen LogP contribution in [0.15, 0.2) is 30.3 Å². The Morgan fingerprint density at radius 1 is 1.25 bits per heavy atom. The van der Waals surface area contributed by atoms with Gasteiger partial charge in [0.1, 0.15) is 12.7 Å². The van der Waals surface area contributed by atoms with Gasteiger partial charge in [-0.3, -0.25) is 4.79 Å². The maximum absolute atomic E-state index is 11.9. The van der Waals surface area contributed by atoms with Gasteiger partial charge in [0.2, 0.25) is 5.91 Å². The van der Waals surface area contributed by atoms with Crippen molar-refractivity contribution in [3.8, 4) is 0 Å². The van der Waals surface area contributed by atoms with Crippen molar-refractivity contribution in [2.24, 2.45) is 5.41 Å². The summed E-state index contributed by atoms with van der Waals surface area (Å²) in [5, 5.41) is 24.2. The van der Waals surface area contributed by atoms with Crippen molar-refractivity contribution in [3.05, 3.63) is 35.9 Å². The number of amides is 2. The maximum Gasteiger partial charge on any atom is 0.407 e. The Morgan fingerprint density at radius 3 is 2.46 bits per heavy atom. The standard InChI is InChI=1S/C17H26N2O5/c1-12(19-15(22)14(21)17(2,3)11-20)9-18-16(23)24-10-13-7-5-4-6-8-13/h4-8,12,14,20-21H,9-11H2,1-3H3,(H,18,23)(H,19,22)/t12-,14+/m1/s1. The molecule has 7 heteroatoms. The van der Waals surface area contributed by atoms with Crippen LogP contribution in [-0.2, 0) is 16.1 Å². The lowest BCUT2D eigenvalue weighted by atomic mass is 9.87. The van der Waals surface area contributed by atoms with Crippen LogP contribution in [0, 0.1) is 5.41 Å². The monoisotopic (exact) mass is 338 g/mol. The average Bonchev–Trinajstić information content (AvgIpc) is 2.58. The number of carbonyl (C=O) groups is 2. The zero-order chi connectivity index (χ0) is 18.2. The molecule has 134 valence electrons. The quantitative estimate of drug-likeness (QED) is 0.561. The van der Waals surface area contributed by atoms with Gasteiger partial charge in [-0.15, -0.1) is 0 Å². The third kappa shape index (κ3) is 6.55. The van der Waals surface area contributed by atoms with Gasteiger partial charge in [0.25, 0.3) is 0 Å². The molecule has 0 aromatic heterocycles. The first kappa shape index (κ1) is 19.9. The molecule has 0 radical (unpaired) electrons. The van der Waals surface area contributed by atoms with Crippen LogP contribution in [-0.4, -0.2) is 47.5 Å². The second-order valence-electron chi connectivity index (χ2n) is 6.40. The molecule has 7 nitrogen and oxygen atoms in total. The number of hydrogen-bond acceptors (Lipinski definition) is 5. The van der Waals surface area contributed by atoms with Crippen molar-refractivity contribution >= 4 is 12.0 Å². The number of ether oxygens (including phenoxy) is 1. The first-order valence-electron chi connectivity index (χ1n) is 7.80. The number of hydrogen-bond donors (Lipinski definition) is 4. The fourth-order valence-electron chi connectivity index (χ4n) is 1.82. The Kier molecular flexibility index (Phi) is 7.67. The number of aliphatic hydroxyl groups is 2. The molecule has 0 bridgehead atoms. The lowest BCUT2D eigenvalue weighted by Gasteiger charge is -2.28. The second-order valence-corrected chi connectivity index (χ2v) is 6.40. The summed E-state index contributed by atoms with van der Waals surface area (Å²) >= 11 is 0. The van der Waals surface area contributed by atoms with Gasteiger partial charge >= 0.3 is 6.09 Å². The fraction of sp³-hybridized carbons (Fsp3) is 0.529. The van der Waals surface area contributed by atoms with Gasteiger partial charge in [-0.2, -0.15) is 0 Å².